The number of hydrogen-bond acceptors (Lipinski definition) is 6. The van der Waals surface area contributed by atoms with Gasteiger partial charge in [-0.2, -0.15) is 0 Å². The lowest BCUT2D eigenvalue weighted by Crippen LogP contribution is -2.28. The van der Waals surface area contributed by atoms with Gasteiger partial charge in [0.15, 0.2) is 6.61 Å². The Balaban J connectivity index is 1.48. The van der Waals surface area contributed by atoms with Gasteiger partial charge in [0.1, 0.15) is 23.9 Å². The first-order valence-corrected chi connectivity index (χ1v) is 9.25. The number of carbonyl (C=O) groups excluding carboxylic acids is 2. The predicted molar refractivity (Wildman–Crippen MR) is 105 cm³/mol. The molecule has 0 radical (unpaired) electrons. The van der Waals surface area contributed by atoms with Gasteiger partial charge in [0.2, 0.25) is 0 Å². The summed E-state index contributed by atoms with van der Waals surface area (Å²) in [5.74, 6) is -0.301. The maximum atomic E-state index is 12.9. The summed E-state index contributed by atoms with van der Waals surface area (Å²) in [6, 6.07) is 12.2. The minimum atomic E-state index is -0.644. The van der Waals surface area contributed by atoms with Gasteiger partial charge in [-0.3, -0.25) is 4.79 Å². The largest absolute Gasteiger partial charge is 0.489 e. The number of benzene rings is 2. The van der Waals surface area contributed by atoms with E-state index in [4.69, 9.17) is 14.0 Å². The number of carbonyl (C=O) groups is 2. The molecule has 0 fully saturated rings. The topological polar surface area (TPSA) is 90.7 Å². The van der Waals surface area contributed by atoms with Crippen molar-refractivity contribution in [2.45, 2.75) is 27.0 Å². The molecule has 1 amide bonds. The first kappa shape index (κ1) is 21.0. The van der Waals surface area contributed by atoms with E-state index in [0.717, 1.165) is 16.8 Å². The zero-order valence-corrected chi connectivity index (χ0v) is 16.6. The highest BCUT2D eigenvalue weighted by Crippen LogP contribution is 2.19. The van der Waals surface area contributed by atoms with Gasteiger partial charge in [0.25, 0.3) is 5.91 Å². The number of esters is 1. The highest BCUT2D eigenvalue weighted by Gasteiger charge is 2.13. The molecule has 2 aromatic carbocycles. The van der Waals surface area contributed by atoms with Gasteiger partial charge < -0.3 is 19.3 Å². The van der Waals surface area contributed by atoms with Gasteiger partial charge in [-0.15, -0.1) is 0 Å². The van der Waals surface area contributed by atoms with Gasteiger partial charge >= 0.3 is 5.97 Å². The van der Waals surface area contributed by atoms with Crippen molar-refractivity contribution in [1.82, 2.24) is 10.5 Å². The molecule has 7 nitrogen and oxygen atoms in total. The smallest absolute Gasteiger partial charge is 0.338 e. The second kappa shape index (κ2) is 9.69. The fraction of sp³-hybridized carbons (Fsp3) is 0.227. The highest BCUT2D eigenvalue weighted by atomic mass is 19.1. The van der Waals surface area contributed by atoms with E-state index >= 15 is 0 Å². The Hall–Kier alpha value is -3.68. The maximum absolute atomic E-state index is 12.9. The van der Waals surface area contributed by atoms with Crippen LogP contribution in [0.15, 0.2) is 53.1 Å². The second-order valence-electron chi connectivity index (χ2n) is 6.60. The van der Waals surface area contributed by atoms with Gasteiger partial charge in [-0.1, -0.05) is 23.4 Å². The standard InChI is InChI=1S/C22H21FN2O5/c1-14-20(15(2)30-25-14)12-28-19-5-3-4-17(10-19)22(27)29-13-21(26)24-11-16-6-8-18(23)9-7-16/h3-10H,11-13H2,1-2H3,(H,24,26). The number of rotatable bonds is 8. The van der Waals surface area contributed by atoms with Crippen LogP contribution in [0.2, 0.25) is 0 Å². The van der Waals surface area contributed by atoms with Crippen molar-refractivity contribution < 1.29 is 28.0 Å². The van der Waals surface area contributed by atoms with Crippen molar-refractivity contribution in [1.29, 1.82) is 0 Å². The minimum absolute atomic E-state index is 0.210. The number of nitrogens with zero attached hydrogens (tertiary/aromatic N) is 1. The molecule has 0 aliphatic rings. The number of nitrogens with one attached hydrogen (secondary N) is 1. The molecule has 0 bridgehead atoms. The monoisotopic (exact) mass is 412 g/mol. The van der Waals surface area contributed by atoms with E-state index in [0.29, 0.717) is 11.5 Å². The van der Waals surface area contributed by atoms with Crippen LogP contribution in [0.4, 0.5) is 4.39 Å². The summed E-state index contributed by atoms with van der Waals surface area (Å²) in [5.41, 5.74) is 2.59. The van der Waals surface area contributed by atoms with Crippen molar-refractivity contribution in [3.8, 4) is 5.75 Å². The summed E-state index contributed by atoms with van der Waals surface area (Å²) in [7, 11) is 0. The molecule has 0 unspecified atom stereocenters. The summed E-state index contributed by atoms with van der Waals surface area (Å²) in [4.78, 5) is 24.1. The molecule has 30 heavy (non-hydrogen) atoms. The summed E-state index contributed by atoms with van der Waals surface area (Å²) in [6.07, 6.45) is 0. The first-order chi connectivity index (χ1) is 14.4. The average molecular weight is 412 g/mol. The molecular weight excluding hydrogens is 391 g/mol. The van der Waals surface area contributed by atoms with Gasteiger partial charge in [-0.05, 0) is 49.7 Å². The third-order valence-electron chi connectivity index (χ3n) is 4.37. The third kappa shape index (κ3) is 5.66. The van der Waals surface area contributed by atoms with Crippen molar-refractivity contribution in [2.75, 3.05) is 6.61 Å². The van der Waals surface area contributed by atoms with Crippen molar-refractivity contribution >= 4 is 11.9 Å². The van der Waals surface area contributed by atoms with Crippen LogP contribution in [0, 0.1) is 19.7 Å². The Labute approximate surface area is 172 Å². The molecule has 1 N–H and O–H groups in total. The molecule has 0 atom stereocenters. The first-order valence-electron chi connectivity index (χ1n) is 9.25. The van der Waals surface area contributed by atoms with Crippen LogP contribution in [-0.2, 0) is 22.7 Å². The lowest BCUT2D eigenvalue weighted by Gasteiger charge is -2.09. The van der Waals surface area contributed by atoms with Crippen molar-refractivity contribution in [3.63, 3.8) is 0 Å². The van der Waals surface area contributed by atoms with Crippen LogP contribution in [0.5, 0.6) is 5.75 Å². The molecule has 1 aromatic heterocycles. The summed E-state index contributed by atoms with van der Waals surface area (Å²) >= 11 is 0. The van der Waals surface area contributed by atoms with Crippen LogP contribution in [0.25, 0.3) is 0 Å². The minimum Gasteiger partial charge on any atom is -0.489 e. The van der Waals surface area contributed by atoms with E-state index in [1.54, 1.807) is 37.3 Å². The van der Waals surface area contributed by atoms with E-state index in [1.807, 2.05) is 6.92 Å². The second-order valence-corrected chi connectivity index (χ2v) is 6.60. The summed E-state index contributed by atoms with van der Waals surface area (Å²) < 4.78 is 28.7. The molecule has 0 spiro atoms. The number of aromatic nitrogens is 1. The zero-order chi connectivity index (χ0) is 21.5. The molecule has 0 saturated heterocycles. The predicted octanol–water partition coefficient (Wildman–Crippen LogP) is 3.48. The van der Waals surface area contributed by atoms with Crippen molar-refractivity contribution in [2.24, 2.45) is 0 Å². The molecule has 0 saturated carbocycles. The number of amides is 1. The van der Waals surface area contributed by atoms with E-state index in [9.17, 15) is 14.0 Å². The maximum Gasteiger partial charge on any atom is 0.338 e. The van der Waals surface area contributed by atoms with Crippen LogP contribution in [-0.4, -0.2) is 23.6 Å². The molecule has 3 rings (SSSR count). The number of ether oxygens (including phenoxy) is 2. The zero-order valence-electron chi connectivity index (χ0n) is 16.6. The van der Waals surface area contributed by atoms with Gasteiger partial charge in [0.05, 0.1) is 16.8 Å². The Morgan fingerprint density at radius 3 is 2.60 bits per heavy atom. The van der Waals surface area contributed by atoms with E-state index in [-0.39, 0.29) is 24.5 Å². The Morgan fingerprint density at radius 1 is 1.13 bits per heavy atom. The van der Waals surface area contributed by atoms with Crippen LogP contribution >= 0.6 is 0 Å². The molecule has 1 heterocycles. The SMILES string of the molecule is Cc1noc(C)c1COc1cccc(C(=O)OCC(=O)NCc2ccc(F)cc2)c1. The lowest BCUT2D eigenvalue weighted by atomic mass is 10.2. The average Bonchev–Trinajstić information content (AvgIpc) is 3.07. The van der Waals surface area contributed by atoms with Gasteiger partial charge in [0, 0.05) is 6.54 Å². The highest BCUT2D eigenvalue weighted by molar-refractivity contribution is 5.91. The quantitative estimate of drug-likeness (QED) is 0.570. The normalized spacial score (nSPS) is 10.5. The molecule has 3 aromatic rings. The van der Waals surface area contributed by atoms with Crippen LogP contribution in [0.1, 0.15) is 32.9 Å². The van der Waals surface area contributed by atoms with E-state index in [2.05, 4.69) is 10.5 Å². The summed E-state index contributed by atoms with van der Waals surface area (Å²) in [6.45, 7) is 3.66. The molecule has 0 aliphatic carbocycles. The molecule has 0 aliphatic heterocycles. The number of aryl methyl sites for hydroxylation is 2. The third-order valence-corrected chi connectivity index (χ3v) is 4.37. The van der Waals surface area contributed by atoms with E-state index < -0.39 is 18.5 Å². The molecule has 8 heteroatoms. The lowest BCUT2D eigenvalue weighted by molar-refractivity contribution is -0.124. The van der Waals surface area contributed by atoms with Crippen LogP contribution < -0.4 is 10.1 Å². The van der Waals surface area contributed by atoms with Crippen LogP contribution in [0.3, 0.4) is 0 Å². The fourth-order valence-corrected chi connectivity index (χ4v) is 2.64. The van der Waals surface area contributed by atoms with Gasteiger partial charge in [-0.25, -0.2) is 9.18 Å². The molecule has 156 valence electrons. The Kier molecular flexibility index (Phi) is 6.79. The van der Waals surface area contributed by atoms with E-state index in [1.165, 1.54) is 18.2 Å². The summed E-state index contributed by atoms with van der Waals surface area (Å²) in [5, 5.41) is 6.47. The fourth-order valence-electron chi connectivity index (χ4n) is 2.64. The Morgan fingerprint density at radius 2 is 1.90 bits per heavy atom. The Bertz CT molecular complexity index is 1010. The molecular formula is C22H21FN2O5. The number of hydrogen-bond donors (Lipinski definition) is 1. The van der Waals surface area contributed by atoms with Crippen molar-refractivity contribution in [3.05, 3.63) is 82.5 Å². The number of halogens is 1.